The lowest BCUT2D eigenvalue weighted by molar-refractivity contribution is -0.140. The number of amides is 2. The Kier molecular flexibility index (Phi) is 10.6. The van der Waals surface area contributed by atoms with Crippen LogP contribution in [0, 0.1) is 13.8 Å². The molecule has 1 N–H and O–H groups in total. The summed E-state index contributed by atoms with van der Waals surface area (Å²) in [6.45, 7) is 5.28. The lowest BCUT2D eigenvalue weighted by Gasteiger charge is -2.34. The molecule has 10 heteroatoms. The van der Waals surface area contributed by atoms with Crippen molar-refractivity contribution in [3.05, 3.63) is 93.5 Å². The fraction of sp³-hybridized carbons (Fsp3) is 0.375. The second kappa shape index (κ2) is 13.9. The third-order valence-electron chi connectivity index (χ3n) is 7.58. The largest absolute Gasteiger partial charge is 0.352 e. The second-order valence-corrected chi connectivity index (χ2v) is 13.6. The number of rotatable bonds is 11. The number of hydrogen-bond acceptors (Lipinski definition) is 4. The van der Waals surface area contributed by atoms with E-state index in [1.807, 2.05) is 45.0 Å². The highest BCUT2D eigenvalue weighted by Crippen LogP contribution is 2.30. The molecule has 1 unspecified atom stereocenters. The van der Waals surface area contributed by atoms with Gasteiger partial charge in [-0.3, -0.25) is 13.9 Å². The summed E-state index contributed by atoms with van der Waals surface area (Å²) in [4.78, 5) is 29.3. The summed E-state index contributed by atoms with van der Waals surface area (Å²) in [6.07, 6.45) is 4.30. The van der Waals surface area contributed by atoms with Gasteiger partial charge in [0.25, 0.3) is 10.0 Å². The van der Waals surface area contributed by atoms with Gasteiger partial charge in [0.15, 0.2) is 0 Å². The van der Waals surface area contributed by atoms with E-state index in [0.717, 1.165) is 46.7 Å². The van der Waals surface area contributed by atoms with Gasteiger partial charge in [-0.2, -0.15) is 0 Å². The van der Waals surface area contributed by atoms with E-state index in [1.165, 1.54) is 35.2 Å². The first-order chi connectivity index (χ1) is 20.0. The van der Waals surface area contributed by atoms with E-state index in [0.29, 0.717) is 6.42 Å². The van der Waals surface area contributed by atoms with Crippen LogP contribution in [0.15, 0.2) is 71.6 Å². The molecule has 224 valence electrons. The molecule has 0 radical (unpaired) electrons. The minimum Gasteiger partial charge on any atom is -0.352 e. The predicted molar refractivity (Wildman–Crippen MR) is 168 cm³/mol. The third-order valence-corrected chi connectivity index (χ3v) is 9.81. The summed E-state index contributed by atoms with van der Waals surface area (Å²) in [6, 6.07) is 17.8. The Bertz CT molecular complexity index is 1490. The summed E-state index contributed by atoms with van der Waals surface area (Å²) in [5.74, 6) is -0.751. The van der Waals surface area contributed by atoms with E-state index in [2.05, 4.69) is 5.32 Å². The van der Waals surface area contributed by atoms with Gasteiger partial charge in [-0.25, -0.2) is 8.42 Å². The topological polar surface area (TPSA) is 86.8 Å². The van der Waals surface area contributed by atoms with Gasteiger partial charge in [-0.1, -0.05) is 90.5 Å². The quantitative estimate of drug-likeness (QED) is 0.256. The standard InChI is InChI=1S/C32H37Cl2N3O4S/c1-4-30(32(39)35-27-7-5-6-8-27)36(20-24-13-9-22(2)10-14-24)31(38)21-37(28-18-25(33)17-26(34)19-28)42(40,41)29-15-11-23(3)12-16-29/h9-19,27,30H,4-8,20-21H2,1-3H3,(H,35,39). The van der Waals surface area contributed by atoms with Crippen LogP contribution in [-0.4, -0.2) is 43.8 Å². The van der Waals surface area contributed by atoms with Crippen LogP contribution in [0.25, 0.3) is 0 Å². The first-order valence-corrected chi connectivity index (χ1v) is 16.4. The van der Waals surface area contributed by atoms with Gasteiger partial charge in [0.05, 0.1) is 10.6 Å². The van der Waals surface area contributed by atoms with Crippen molar-refractivity contribution in [3.8, 4) is 0 Å². The molecule has 0 spiro atoms. The van der Waals surface area contributed by atoms with Crippen LogP contribution in [0.5, 0.6) is 0 Å². The molecule has 2 amide bonds. The molecule has 0 bridgehead atoms. The van der Waals surface area contributed by atoms with E-state index in [9.17, 15) is 18.0 Å². The van der Waals surface area contributed by atoms with E-state index in [-0.39, 0.29) is 39.1 Å². The van der Waals surface area contributed by atoms with Crippen molar-refractivity contribution >= 4 is 50.7 Å². The average Bonchev–Trinajstić information content (AvgIpc) is 3.45. The smallest absolute Gasteiger partial charge is 0.264 e. The number of carbonyl (C=O) groups is 2. The maximum Gasteiger partial charge on any atom is 0.264 e. The second-order valence-electron chi connectivity index (χ2n) is 10.9. The lowest BCUT2D eigenvalue weighted by atomic mass is 10.1. The molecule has 0 aliphatic heterocycles. The minimum absolute atomic E-state index is 0.0214. The molecule has 1 aliphatic carbocycles. The zero-order valence-electron chi connectivity index (χ0n) is 24.1. The van der Waals surface area contributed by atoms with Crippen molar-refractivity contribution < 1.29 is 18.0 Å². The normalized spacial score (nSPS) is 14.4. The molecule has 3 aromatic rings. The molecule has 1 fully saturated rings. The van der Waals surface area contributed by atoms with E-state index < -0.39 is 28.5 Å². The van der Waals surface area contributed by atoms with Crippen molar-refractivity contribution in [3.63, 3.8) is 0 Å². The molecule has 0 heterocycles. The SMILES string of the molecule is CCC(C(=O)NC1CCCC1)N(Cc1ccc(C)cc1)C(=O)CN(c1cc(Cl)cc(Cl)c1)S(=O)(=O)c1ccc(C)cc1. The highest BCUT2D eigenvalue weighted by Gasteiger charge is 2.34. The summed E-state index contributed by atoms with van der Waals surface area (Å²) in [5, 5.41) is 3.58. The molecule has 0 saturated heterocycles. The van der Waals surface area contributed by atoms with E-state index in [1.54, 1.807) is 12.1 Å². The Morgan fingerprint density at radius 2 is 1.45 bits per heavy atom. The number of carbonyl (C=O) groups excluding carboxylic acids is 2. The Labute approximate surface area is 258 Å². The summed E-state index contributed by atoms with van der Waals surface area (Å²) >= 11 is 12.5. The Morgan fingerprint density at radius 1 is 0.905 bits per heavy atom. The van der Waals surface area contributed by atoms with Crippen molar-refractivity contribution in [2.45, 2.75) is 76.4 Å². The van der Waals surface area contributed by atoms with Crippen LogP contribution in [0.3, 0.4) is 0 Å². The summed E-state index contributed by atoms with van der Waals surface area (Å²) in [5.41, 5.74) is 2.95. The number of nitrogens with one attached hydrogen (secondary N) is 1. The molecule has 1 saturated carbocycles. The number of nitrogens with zero attached hydrogens (tertiary/aromatic N) is 2. The van der Waals surface area contributed by atoms with Crippen molar-refractivity contribution in [1.82, 2.24) is 10.2 Å². The highest BCUT2D eigenvalue weighted by atomic mass is 35.5. The van der Waals surface area contributed by atoms with Crippen LogP contribution in [-0.2, 0) is 26.2 Å². The molecular formula is C32H37Cl2N3O4S. The van der Waals surface area contributed by atoms with Gasteiger partial charge in [0, 0.05) is 22.6 Å². The molecule has 1 atom stereocenters. The number of benzene rings is 3. The molecule has 4 rings (SSSR count). The number of halogens is 2. The maximum absolute atomic E-state index is 14.2. The Balaban J connectivity index is 1.73. The van der Waals surface area contributed by atoms with Crippen LogP contribution in [0.4, 0.5) is 5.69 Å². The predicted octanol–water partition coefficient (Wildman–Crippen LogP) is 6.67. The zero-order chi connectivity index (χ0) is 30.4. The minimum atomic E-state index is -4.21. The number of aryl methyl sites for hydroxylation is 2. The zero-order valence-corrected chi connectivity index (χ0v) is 26.5. The monoisotopic (exact) mass is 629 g/mol. The van der Waals surface area contributed by atoms with Crippen LogP contribution in [0.1, 0.15) is 55.7 Å². The van der Waals surface area contributed by atoms with E-state index >= 15 is 0 Å². The van der Waals surface area contributed by atoms with E-state index in [4.69, 9.17) is 23.2 Å². The number of anilines is 1. The molecular weight excluding hydrogens is 593 g/mol. The van der Waals surface area contributed by atoms with Gasteiger partial charge >= 0.3 is 0 Å². The van der Waals surface area contributed by atoms with Crippen molar-refractivity contribution in [2.24, 2.45) is 0 Å². The van der Waals surface area contributed by atoms with Crippen LogP contribution < -0.4 is 9.62 Å². The van der Waals surface area contributed by atoms with Gasteiger partial charge in [-0.15, -0.1) is 0 Å². The van der Waals surface area contributed by atoms with Gasteiger partial charge in [0.2, 0.25) is 11.8 Å². The first-order valence-electron chi connectivity index (χ1n) is 14.2. The molecule has 42 heavy (non-hydrogen) atoms. The fourth-order valence-corrected chi connectivity index (χ4v) is 7.14. The third kappa shape index (κ3) is 7.85. The molecule has 1 aliphatic rings. The first kappa shape index (κ1) is 31.9. The summed E-state index contributed by atoms with van der Waals surface area (Å²) in [7, 11) is -4.21. The van der Waals surface area contributed by atoms with Gasteiger partial charge < -0.3 is 10.2 Å². The van der Waals surface area contributed by atoms with Gasteiger partial charge in [-0.05, 0) is 69.0 Å². The Hall–Kier alpha value is -3.07. The molecule has 0 aromatic heterocycles. The summed E-state index contributed by atoms with van der Waals surface area (Å²) < 4.78 is 29.0. The van der Waals surface area contributed by atoms with Crippen LogP contribution >= 0.6 is 23.2 Å². The molecule has 7 nitrogen and oxygen atoms in total. The van der Waals surface area contributed by atoms with Gasteiger partial charge in [0.1, 0.15) is 12.6 Å². The fourth-order valence-electron chi connectivity index (χ4n) is 5.23. The van der Waals surface area contributed by atoms with Crippen LogP contribution in [0.2, 0.25) is 10.0 Å². The van der Waals surface area contributed by atoms with Crippen molar-refractivity contribution in [2.75, 3.05) is 10.8 Å². The lowest BCUT2D eigenvalue weighted by Crippen LogP contribution is -2.53. The maximum atomic E-state index is 14.2. The molecule has 3 aromatic carbocycles. The highest BCUT2D eigenvalue weighted by molar-refractivity contribution is 7.92. The number of hydrogen-bond donors (Lipinski definition) is 1. The average molecular weight is 631 g/mol. The Morgan fingerprint density at radius 3 is 2.00 bits per heavy atom. The van der Waals surface area contributed by atoms with Crippen molar-refractivity contribution in [1.29, 1.82) is 0 Å². The number of sulfonamides is 1.